The molecule has 0 spiro atoms. The van der Waals surface area contributed by atoms with Crippen molar-refractivity contribution in [2.24, 2.45) is 0 Å². The summed E-state index contributed by atoms with van der Waals surface area (Å²) in [7, 11) is 1.84. The fraction of sp³-hybridized carbons (Fsp3) is 0.243. The monoisotopic (exact) mass is 585 g/mol. The molecule has 0 aromatic heterocycles. The first kappa shape index (κ1) is 30.8. The highest BCUT2D eigenvalue weighted by Gasteiger charge is 2.67. The molecule has 6 nitrogen and oxygen atoms in total. The lowest BCUT2D eigenvalue weighted by molar-refractivity contribution is -0.570. The van der Waals surface area contributed by atoms with Crippen LogP contribution < -0.4 is 21.9 Å². The van der Waals surface area contributed by atoms with Crippen LogP contribution in [0.4, 0.5) is 0 Å². The van der Waals surface area contributed by atoms with Crippen LogP contribution in [0.3, 0.4) is 0 Å². The summed E-state index contributed by atoms with van der Waals surface area (Å²) in [5.74, 6) is 0.829. The molecule has 0 N–H and O–H groups in total. The molecular weight excluding hydrogens is 543 g/mol. The van der Waals surface area contributed by atoms with Crippen LogP contribution in [-0.4, -0.2) is 50.4 Å². The summed E-state index contributed by atoms with van der Waals surface area (Å²) in [6.45, 7) is 9.91. The average molecular weight is 586 g/mol. The molecule has 2 heterocycles. The van der Waals surface area contributed by atoms with E-state index >= 15 is 0 Å². The topological polar surface area (TPSA) is 49.7 Å². The number of hydrogen-bond donors (Lipinski definition) is 0. The molecule has 225 valence electrons. The molecule has 0 bridgehead atoms. The molecule has 0 unspecified atom stereocenters. The standard InChI is InChI=1S/C24H20B.C13H22N4O2/c1-5-13-21(14-6-1)25(22-15-7-2-8-16-22,23-17-9-3-10-18-23)24-19-11-4-12-20-24;1-7-15-9-8-14(6)10(15)11-16(18)12(2,3)13(4,5)17(11)19/h1-20H;8-9H,7H2,1-6H3/q-1;+1. The van der Waals surface area contributed by atoms with Crippen molar-refractivity contribution >= 4 is 28.0 Å². The Labute approximate surface area is 262 Å². The summed E-state index contributed by atoms with van der Waals surface area (Å²) in [4.78, 5) is 16.3. The van der Waals surface area contributed by atoms with Crippen molar-refractivity contribution in [3.8, 4) is 0 Å². The van der Waals surface area contributed by atoms with Crippen LogP contribution >= 0.6 is 0 Å². The fourth-order valence-electron chi connectivity index (χ4n) is 6.48. The fourth-order valence-corrected chi connectivity index (χ4v) is 6.48. The third kappa shape index (κ3) is 5.01. The molecular formula is C37H42BN4O2. The summed E-state index contributed by atoms with van der Waals surface area (Å²) in [6, 6.07) is 43.5. The van der Waals surface area contributed by atoms with E-state index in [4.69, 9.17) is 0 Å². The van der Waals surface area contributed by atoms with E-state index in [2.05, 4.69) is 121 Å². The van der Waals surface area contributed by atoms with Crippen molar-refractivity contribution in [1.82, 2.24) is 14.9 Å². The molecule has 7 heteroatoms. The molecule has 6 rings (SSSR count). The normalized spacial score (nSPS) is 18.8. The number of nitroso groups, excluding NO2 is 1. The second-order valence-corrected chi connectivity index (χ2v) is 12.6. The van der Waals surface area contributed by atoms with Gasteiger partial charge in [0.1, 0.15) is 6.15 Å². The van der Waals surface area contributed by atoms with E-state index < -0.39 is 17.2 Å². The van der Waals surface area contributed by atoms with E-state index in [1.807, 2.05) is 36.2 Å². The summed E-state index contributed by atoms with van der Waals surface area (Å²) in [5.41, 5.74) is 3.80. The van der Waals surface area contributed by atoms with Crippen LogP contribution in [0, 0.1) is 4.91 Å². The molecule has 2 aliphatic rings. The first-order valence-electron chi connectivity index (χ1n) is 15.3. The quantitative estimate of drug-likeness (QED) is 0.247. The van der Waals surface area contributed by atoms with Gasteiger partial charge in [0.15, 0.2) is 11.1 Å². The zero-order valence-corrected chi connectivity index (χ0v) is 26.6. The number of nitrogens with zero attached hydrogens (tertiary/aromatic N) is 4. The van der Waals surface area contributed by atoms with Gasteiger partial charge in [-0.15, -0.1) is 0 Å². The number of hydrogen-bond acceptors (Lipinski definition) is 4. The van der Waals surface area contributed by atoms with E-state index in [1.165, 1.54) is 21.9 Å². The van der Waals surface area contributed by atoms with Crippen molar-refractivity contribution in [3.05, 3.63) is 150 Å². The van der Waals surface area contributed by atoms with Gasteiger partial charge in [-0.1, -0.05) is 131 Å². The van der Waals surface area contributed by atoms with Gasteiger partial charge in [-0.25, -0.2) is 0 Å². The molecule has 1 fully saturated rings. The molecule has 4 aromatic carbocycles. The second kappa shape index (κ2) is 12.2. The smallest absolute Gasteiger partial charge is 0.329 e. The minimum Gasteiger partial charge on any atom is -0.329 e. The Bertz CT molecular complexity index is 1470. The van der Waals surface area contributed by atoms with Crippen LogP contribution in [-0.2, 0) is 5.21 Å². The summed E-state index contributed by atoms with van der Waals surface area (Å²) >= 11 is 0. The van der Waals surface area contributed by atoms with E-state index in [9.17, 15) is 10.1 Å². The van der Waals surface area contributed by atoms with Gasteiger partial charge in [-0.3, -0.25) is 0 Å². The maximum atomic E-state index is 12.6. The third-order valence-electron chi connectivity index (χ3n) is 9.71. The number of benzene rings is 4. The predicted molar refractivity (Wildman–Crippen MR) is 181 cm³/mol. The van der Waals surface area contributed by atoms with Crippen molar-refractivity contribution in [1.29, 1.82) is 0 Å². The van der Waals surface area contributed by atoms with E-state index in [0.717, 1.165) is 9.82 Å². The van der Waals surface area contributed by atoms with Crippen molar-refractivity contribution in [2.45, 2.75) is 45.7 Å². The van der Waals surface area contributed by atoms with Crippen molar-refractivity contribution < 1.29 is 9.97 Å². The molecule has 0 amide bonds. The largest absolute Gasteiger partial charge is 0.391 e. The third-order valence-corrected chi connectivity index (χ3v) is 9.71. The first-order chi connectivity index (χ1) is 21.1. The second-order valence-electron chi connectivity index (χ2n) is 12.6. The minimum absolute atomic E-state index is 0.185. The lowest BCUT2D eigenvalue weighted by Gasteiger charge is -2.44. The van der Waals surface area contributed by atoms with Crippen LogP contribution in [0.1, 0.15) is 34.6 Å². The average Bonchev–Trinajstić information content (AvgIpc) is 3.47. The molecule has 4 aromatic rings. The molecule has 0 atom stereocenters. The summed E-state index contributed by atoms with van der Waals surface area (Å²) in [5, 5.41) is 13.4. The first-order valence-corrected chi connectivity index (χ1v) is 15.3. The van der Waals surface area contributed by atoms with Gasteiger partial charge in [0.25, 0.3) is 0 Å². The molecule has 1 saturated heterocycles. The maximum Gasteiger partial charge on any atom is 0.391 e. The van der Waals surface area contributed by atoms with Crippen LogP contribution in [0.25, 0.3) is 0 Å². The zero-order chi connectivity index (χ0) is 31.5. The Kier molecular flexibility index (Phi) is 8.53. The molecule has 44 heavy (non-hydrogen) atoms. The van der Waals surface area contributed by atoms with Gasteiger partial charge in [0.2, 0.25) is 5.82 Å². The zero-order valence-electron chi connectivity index (χ0n) is 26.6. The van der Waals surface area contributed by atoms with Crippen molar-refractivity contribution in [3.63, 3.8) is 0 Å². The van der Waals surface area contributed by atoms with Gasteiger partial charge < -0.3 is 9.80 Å². The molecule has 0 aliphatic carbocycles. The van der Waals surface area contributed by atoms with Gasteiger partial charge in [0, 0.05) is 31.2 Å². The van der Waals surface area contributed by atoms with Crippen LogP contribution in [0.5, 0.6) is 0 Å². The number of hydroxylamine groups is 2. The van der Waals surface area contributed by atoms with Gasteiger partial charge >= 0.3 is 5.82 Å². The van der Waals surface area contributed by atoms with Crippen molar-refractivity contribution in [2.75, 3.05) is 13.6 Å². The van der Waals surface area contributed by atoms with Gasteiger partial charge in [-0.2, -0.15) is 21.9 Å². The Morgan fingerprint density at radius 1 is 0.636 bits per heavy atom. The Morgan fingerprint density at radius 3 is 1.30 bits per heavy atom. The SMILES string of the molecule is CCN1C=CN(C)/C1=C1/N([O])C(C)(C)C(C)(C)[N+]1=O.c1ccc([B-](c2ccccc2)(c2ccccc2)c2ccccc2)cc1. The maximum absolute atomic E-state index is 12.6. The van der Waals surface area contributed by atoms with Gasteiger partial charge in [-0.05, 0) is 39.4 Å². The van der Waals surface area contributed by atoms with Crippen LogP contribution in [0.2, 0.25) is 0 Å². The number of rotatable bonds is 5. The highest BCUT2D eigenvalue weighted by Crippen LogP contribution is 2.43. The lowest BCUT2D eigenvalue weighted by Crippen LogP contribution is -2.74. The van der Waals surface area contributed by atoms with Crippen LogP contribution in [0.15, 0.2) is 145 Å². The van der Waals surface area contributed by atoms with E-state index in [0.29, 0.717) is 12.4 Å². The highest BCUT2D eigenvalue weighted by molar-refractivity contribution is 7.19. The molecule has 2 aliphatic heterocycles. The Hall–Kier alpha value is -4.62. The highest BCUT2D eigenvalue weighted by atomic mass is 16.5. The minimum atomic E-state index is -1.22. The predicted octanol–water partition coefficient (Wildman–Crippen LogP) is 4.91. The van der Waals surface area contributed by atoms with E-state index in [-0.39, 0.29) is 5.82 Å². The lowest BCUT2D eigenvalue weighted by atomic mass is 9.13. The Morgan fingerprint density at radius 2 is 1.00 bits per heavy atom. The molecule has 0 saturated carbocycles. The molecule has 1 radical (unpaired) electrons. The van der Waals surface area contributed by atoms with E-state index in [1.54, 1.807) is 27.7 Å². The summed E-state index contributed by atoms with van der Waals surface area (Å²) in [6.07, 6.45) is 2.51. The summed E-state index contributed by atoms with van der Waals surface area (Å²) < 4.78 is 0.849. The Balaban J connectivity index is 0.000000182. The van der Waals surface area contributed by atoms with Gasteiger partial charge in [0.05, 0.1) is 0 Å².